The summed E-state index contributed by atoms with van der Waals surface area (Å²) in [6.07, 6.45) is 0.197. The van der Waals surface area contributed by atoms with Gasteiger partial charge in [0.25, 0.3) is 0 Å². The number of nitrogens with one attached hydrogen (secondary N) is 1. The van der Waals surface area contributed by atoms with Crippen molar-refractivity contribution in [2.75, 3.05) is 6.61 Å². The van der Waals surface area contributed by atoms with Crippen molar-refractivity contribution in [1.82, 2.24) is 5.32 Å². The molecule has 1 aliphatic heterocycles. The fraction of sp³-hybridized carbons (Fsp3) is 0.588. The maximum absolute atomic E-state index is 11.4. The number of ether oxygens (including phenoxy) is 1. The summed E-state index contributed by atoms with van der Waals surface area (Å²) in [6.45, 7) is 10.1. The molecule has 0 spiro atoms. The van der Waals surface area contributed by atoms with Gasteiger partial charge in [-0.15, -0.1) is 0 Å². The van der Waals surface area contributed by atoms with Crippen molar-refractivity contribution in [3.8, 4) is 5.75 Å². The minimum Gasteiger partial charge on any atom is -0.493 e. The molecule has 1 heterocycles. The Bertz CT molecular complexity index is 546. The third-order valence-electron chi connectivity index (χ3n) is 3.87. The number of amides is 1. The Kier molecular flexibility index (Phi) is 4.28. The summed E-state index contributed by atoms with van der Waals surface area (Å²) in [5.74, 6) is 0.789. The van der Waals surface area contributed by atoms with E-state index in [9.17, 15) is 9.90 Å². The number of carbonyl (C=O) groups excluding carboxylic acids is 1. The largest absolute Gasteiger partial charge is 0.493 e. The summed E-state index contributed by atoms with van der Waals surface area (Å²) in [5.41, 5.74) is 2.61. The van der Waals surface area contributed by atoms with Gasteiger partial charge < -0.3 is 15.2 Å². The summed E-state index contributed by atoms with van der Waals surface area (Å²) >= 11 is 0. The van der Waals surface area contributed by atoms with Gasteiger partial charge in [-0.05, 0) is 35.6 Å². The number of benzene rings is 1. The van der Waals surface area contributed by atoms with Gasteiger partial charge in [0, 0.05) is 18.9 Å². The molecule has 2 unspecified atom stereocenters. The zero-order chi connectivity index (χ0) is 15.8. The fourth-order valence-corrected chi connectivity index (χ4v) is 2.77. The number of aliphatic hydroxyl groups excluding tert-OH is 1. The Morgan fingerprint density at radius 1 is 1.43 bits per heavy atom. The van der Waals surface area contributed by atoms with Gasteiger partial charge in [0.15, 0.2) is 0 Å². The number of hydrogen-bond acceptors (Lipinski definition) is 3. The van der Waals surface area contributed by atoms with E-state index in [1.807, 2.05) is 39.8 Å². The number of rotatable bonds is 2. The van der Waals surface area contributed by atoms with E-state index in [2.05, 4.69) is 5.32 Å². The zero-order valence-corrected chi connectivity index (χ0v) is 13.5. The van der Waals surface area contributed by atoms with Crippen molar-refractivity contribution in [2.24, 2.45) is 5.41 Å². The second kappa shape index (κ2) is 5.68. The van der Waals surface area contributed by atoms with Crippen LogP contribution in [0.2, 0.25) is 0 Å². The molecule has 21 heavy (non-hydrogen) atoms. The maximum Gasteiger partial charge on any atom is 0.217 e. The second-order valence-electron chi connectivity index (χ2n) is 6.91. The summed E-state index contributed by atoms with van der Waals surface area (Å²) in [4.78, 5) is 11.4. The topological polar surface area (TPSA) is 58.6 Å². The summed E-state index contributed by atoms with van der Waals surface area (Å²) in [5, 5.41) is 13.5. The Labute approximate surface area is 126 Å². The monoisotopic (exact) mass is 291 g/mol. The molecule has 0 saturated carbocycles. The second-order valence-corrected chi connectivity index (χ2v) is 6.91. The number of hydrogen-bond donors (Lipinski definition) is 2. The molecule has 2 atom stereocenters. The minimum atomic E-state index is -0.554. The quantitative estimate of drug-likeness (QED) is 0.880. The maximum atomic E-state index is 11.4. The Morgan fingerprint density at radius 3 is 2.67 bits per heavy atom. The molecule has 0 aliphatic carbocycles. The van der Waals surface area contributed by atoms with Crippen molar-refractivity contribution in [3.05, 3.63) is 28.8 Å². The molecule has 0 saturated heterocycles. The molecule has 4 heteroatoms. The minimum absolute atomic E-state index is 0.0444. The highest BCUT2D eigenvalue weighted by molar-refractivity contribution is 5.73. The van der Waals surface area contributed by atoms with Crippen LogP contribution in [0.3, 0.4) is 0 Å². The van der Waals surface area contributed by atoms with E-state index in [1.165, 1.54) is 6.92 Å². The normalized spacial score (nSPS) is 19.4. The summed E-state index contributed by atoms with van der Waals surface area (Å²) < 4.78 is 5.75. The number of carbonyl (C=O) groups is 1. The molecule has 0 aromatic heterocycles. The first-order valence-electron chi connectivity index (χ1n) is 7.42. The molecule has 1 aromatic rings. The van der Waals surface area contributed by atoms with Crippen LogP contribution in [-0.4, -0.2) is 17.6 Å². The van der Waals surface area contributed by atoms with Gasteiger partial charge >= 0.3 is 0 Å². The van der Waals surface area contributed by atoms with Crippen LogP contribution in [0.1, 0.15) is 63.0 Å². The van der Waals surface area contributed by atoms with Crippen LogP contribution >= 0.6 is 0 Å². The molecule has 0 fully saturated rings. The zero-order valence-electron chi connectivity index (χ0n) is 13.5. The highest BCUT2D eigenvalue weighted by Crippen LogP contribution is 2.40. The van der Waals surface area contributed by atoms with E-state index in [-0.39, 0.29) is 17.4 Å². The van der Waals surface area contributed by atoms with Crippen LogP contribution in [0.25, 0.3) is 0 Å². The van der Waals surface area contributed by atoms with Gasteiger partial charge in [0.05, 0.1) is 18.8 Å². The molecule has 116 valence electrons. The Hall–Kier alpha value is -1.55. The highest BCUT2D eigenvalue weighted by atomic mass is 16.5. The van der Waals surface area contributed by atoms with Crippen molar-refractivity contribution in [3.63, 3.8) is 0 Å². The molecule has 1 aliphatic rings. The fourth-order valence-electron chi connectivity index (χ4n) is 2.77. The van der Waals surface area contributed by atoms with Gasteiger partial charge in [-0.3, -0.25) is 4.79 Å². The standard InChI is InChI=1S/C17H25NO3/c1-10-8-12(16(20)17(3,4)5)9-13-14(18-11(2)19)6-7-21-15(10)13/h8-9,14,16,20H,6-7H2,1-5H3,(H,18,19). The third-order valence-corrected chi connectivity index (χ3v) is 3.87. The lowest BCUT2D eigenvalue weighted by Gasteiger charge is -2.31. The first kappa shape index (κ1) is 15.8. The van der Waals surface area contributed by atoms with Crippen molar-refractivity contribution in [2.45, 2.75) is 53.2 Å². The third kappa shape index (κ3) is 3.38. The summed E-state index contributed by atoms with van der Waals surface area (Å²) in [6, 6.07) is 3.90. The van der Waals surface area contributed by atoms with E-state index < -0.39 is 6.10 Å². The van der Waals surface area contributed by atoms with Crippen LogP contribution in [-0.2, 0) is 4.79 Å². The number of aliphatic hydroxyl groups is 1. The predicted octanol–water partition coefficient (Wildman–Crippen LogP) is 3.03. The molecule has 4 nitrogen and oxygen atoms in total. The molecule has 0 radical (unpaired) electrons. The van der Waals surface area contributed by atoms with Crippen molar-refractivity contribution >= 4 is 5.91 Å². The van der Waals surface area contributed by atoms with E-state index in [1.54, 1.807) is 0 Å². The molecule has 0 bridgehead atoms. The van der Waals surface area contributed by atoms with Crippen LogP contribution in [0.4, 0.5) is 0 Å². The lowest BCUT2D eigenvalue weighted by Crippen LogP contribution is -2.31. The SMILES string of the molecule is CC(=O)NC1CCOc2c(C)cc(C(O)C(C)(C)C)cc21. The van der Waals surface area contributed by atoms with E-state index in [4.69, 9.17) is 4.74 Å². The Balaban J connectivity index is 2.45. The van der Waals surface area contributed by atoms with Crippen molar-refractivity contribution in [1.29, 1.82) is 0 Å². The lowest BCUT2D eigenvalue weighted by molar-refractivity contribution is -0.119. The van der Waals surface area contributed by atoms with E-state index in [0.29, 0.717) is 6.61 Å². The van der Waals surface area contributed by atoms with Crippen molar-refractivity contribution < 1.29 is 14.6 Å². The van der Waals surface area contributed by atoms with Gasteiger partial charge in [-0.25, -0.2) is 0 Å². The average Bonchev–Trinajstić information content (AvgIpc) is 2.37. The summed E-state index contributed by atoms with van der Waals surface area (Å²) in [7, 11) is 0. The highest BCUT2D eigenvalue weighted by Gasteiger charge is 2.29. The smallest absolute Gasteiger partial charge is 0.217 e. The molecule has 2 rings (SSSR count). The van der Waals surface area contributed by atoms with Gasteiger partial charge in [0.2, 0.25) is 5.91 Å². The number of aryl methyl sites for hydroxylation is 1. The first-order valence-corrected chi connectivity index (χ1v) is 7.42. The molecular weight excluding hydrogens is 266 g/mol. The molecule has 2 N–H and O–H groups in total. The van der Waals surface area contributed by atoms with Crippen LogP contribution in [0.15, 0.2) is 12.1 Å². The van der Waals surface area contributed by atoms with Crippen LogP contribution in [0, 0.1) is 12.3 Å². The van der Waals surface area contributed by atoms with Gasteiger partial charge in [-0.2, -0.15) is 0 Å². The lowest BCUT2D eigenvalue weighted by atomic mass is 9.82. The van der Waals surface area contributed by atoms with Crippen LogP contribution in [0.5, 0.6) is 5.75 Å². The molecular formula is C17H25NO3. The van der Waals surface area contributed by atoms with E-state index >= 15 is 0 Å². The molecule has 1 amide bonds. The van der Waals surface area contributed by atoms with E-state index in [0.717, 1.165) is 28.9 Å². The molecule has 1 aromatic carbocycles. The number of fused-ring (bicyclic) bond motifs is 1. The van der Waals surface area contributed by atoms with Crippen LogP contribution < -0.4 is 10.1 Å². The van der Waals surface area contributed by atoms with Gasteiger partial charge in [0.1, 0.15) is 5.75 Å². The first-order chi connectivity index (χ1) is 9.70. The average molecular weight is 291 g/mol. The van der Waals surface area contributed by atoms with Gasteiger partial charge in [-0.1, -0.05) is 20.8 Å². The predicted molar refractivity (Wildman–Crippen MR) is 82.3 cm³/mol. The Morgan fingerprint density at radius 2 is 2.10 bits per heavy atom.